The Kier molecular flexibility index (Phi) is 5.10. The fourth-order valence-electron chi connectivity index (χ4n) is 2.79. The smallest absolute Gasteiger partial charge is 0.422 e. The van der Waals surface area contributed by atoms with Crippen molar-refractivity contribution in [3.8, 4) is 11.6 Å². The van der Waals surface area contributed by atoms with Crippen LogP contribution in [0.5, 0.6) is 11.6 Å². The number of fused-ring (bicyclic) bond motifs is 1. The zero-order valence-electron chi connectivity index (χ0n) is 13.6. The van der Waals surface area contributed by atoms with Crippen molar-refractivity contribution >= 4 is 17.1 Å². The molecule has 0 saturated carbocycles. The number of ether oxygens (including phenoxy) is 2. The summed E-state index contributed by atoms with van der Waals surface area (Å²) in [4.78, 5) is 12.0. The summed E-state index contributed by atoms with van der Waals surface area (Å²) >= 11 is 0. The molecule has 1 aliphatic rings. The second kappa shape index (κ2) is 7.30. The number of piperidine rings is 1. The van der Waals surface area contributed by atoms with Gasteiger partial charge in [-0.2, -0.15) is 13.2 Å². The number of halogens is 3. The molecule has 0 radical (unpaired) electrons. The summed E-state index contributed by atoms with van der Waals surface area (Å²) in [6, 6.07) is 4.43. The van der Waals surface area contributed by atoms with Crippen LogP contribution in [0.4, 0.5) is 18.0 Å². The molecule has 1 aliphatic heterocycles. The summed E-state index contributed by atoms with van der Waals surface area (Å²) in [6.45, 7) is -0.472. The lowest BCUT2D eigenvalue weighted by atomic mass is 9.98. The molecule has 0 aliphatic carbocycles. The van der Waals surface area contributed by atoms with Gasteiger partial charge in [-0.25, -0.2) is 0 Å². The number of carbonyl (C=O) groups excluding carboxylic acids is 1. The molecule has 1 saturated heterocycles. The standard InChI is InChI=1S/C16H17F3N2O5/c17-16(18,19)9-25-11-2-1-3-12-13(11)14(20-26-12)24-8-10-4-6-21(7-5-10)15(22)23/h1-3,10H,4-9H2,(H,22,23)/p-1. The molecule has 1 aromatic carbocycles. The Balaban J connectivity index is 1.66. The number of alkyl halides is 3. The van der Waals surface area contributed by atoms with Crippen LogP contribution in [0.2, 0.25) is 0 Å². The van der Waals surface area contributed by atoms with Crippen molar-refractivity contribution in [3.05, 3.63) is 18.2 Å². The maximum atomic E-state index is 12.4. The topological polar surface area (TPSA) is 87.9 Å². The predicted octanol–water partition coefficient (Wildman–Crippen LogP) is 2.20. The second-order valence-electron chi connectivity index (χ2n) is 6.03. The summed E-state index contributed by atoms with van der Waals surface area (Å²) in [5.41, 5.74) is 0.256. The van der Waals surface area contributed by atoms with Gasteiger partial charge < -0.3 is 28.8 Å². The van der Waals surface area contributed by atoms with Crippen molar-refractivity contribution in [2.24, 2.45) is 5.92 Å². The van der Waals surface area contributed by atoms with Gasteiger partial charge in [-0.05, 0) is 36.0 Å². The Labute approximate surface area is 146 Å². The zero-order chi connectivity index (χ0) is 18.7. The molecule has 26 heavy (non-hydrogen) atoms. The Hall–Kier alpha value is -2.65. The predicted molar refractivity (Wildman–Crippen MR) is 80.7 cm³/mol. The Morgan fingerprint density at radius 3 is 2.69 bits per heavy atom. The first-order valence-corrected chi connectivity index (χ1v) is 8.00. The van der Waals surface area contributed by atoms with E-state index in [-0.39, 0.29) is 35.1 Å². The number of benzene rings is 1. The summed E-state index contributed by atoms with van der Waals surface area (Å²) in [7, 11) is 0. The van der Waals surface area contributed by atoms with Gasteiger partial charge in [0.1, 0.15) is 17.2 Å². The molecule has 2 aromatic rings. The van der Waals surface area contributed by atoms with E-state index >= 15 is 0 Å². The molecule has 0 atom stereocenters. The molecule has 0 unspecified atom stereocenters. The minimum absolute atomic E-state index is 0.0251. The summed E-state index contributed by atoms with van der Waals surface area (Å²) in [6.07, 6.45) is -4.46. The number of amides is 1. The van der Waals surface area contributed by atoms with E-state index in [9.17, 15) is 23.1 Å². The molecule has 1 aromatic heterocycles. The van der Waals surface area contributed by atoms with Crippen LogP contribution in [0.15, 0.2) is 22.7 Å². The van der Waals surface area contributed by atoms with Crippen LogP contribution < -0.4 is 14.6 Å². The van der Waals surface area contributed by atoms with E-state index in [1.807, 2.05) is 0 Å². The van der Waals surface area contributed by atoms with Crippen LogP contribution >= 0.6 is 0 Å². The van der Waals surface area contributed by atoms with Crippen molar-refractivity contribution < 1.29 is 37.1 Å². The number of rotatable bonds is 5. The molecule has 10 heteroatoms. The molecule has 7 nitrogen and oxygen atoms in total. The quantitative estimate of drug-likeness (QED) is 0.799. The van der Waals surface area contributed by atoms with Crippen LogP contribution in [0, 0.1) is 5.92 Å². The van der Waals surface area contributed by atoms with Crippen LogP contribution in [0.25, 0.3) is 11.0 Å². The number of hydrogen-bond acceptors (Lipinski definition) is 6. The maximum Gasteiger partial charge on any atom is 0.422 e. The first-order valence-electron chi connectivity index (χ1n) is 8.00. The van der Waals surface area contributed by atoms with E-state index in [1.165, 1.54) is 17.0 Å². The fraction of sp³-hybridized carbons (Fsp3) is 0.500. The van der Waals surface area contributed by atoms with Gasteiger partial charge in [0.05, 0.1) is 6.61 Å². The van der Waals surface area contributed by atoms with Gasteiger partial charge in [0.2, 0.25) is 0 Å². The first kappa shape index (κ1) is 18.2. The maximum absolute atomic E-state index is 12.4. The van der Waals surface area contributed by atoms with E-state index in [1.54, 1.807) is 6.07 Å². The Morgan fingerprint density at radius 1 is 1.31 bits per heavy atom. The van der Waals surface area contributed by atoms with Crippen LogP contribution in [0.3, 0.4) is 0 Å². The van der Waals surface area contributed by atoms with Crippen LogP contribution in [-0.4, -0.2) is 48.6 Å². The monoisotopic (exact) mass is 373 g/mol. The van der Waals surface area contributed by atoms with Gasteiger partial charge in [0.25, 0.3) is 5.88 Å². The van der Waals surface area contributed by atoms with E-state index < -0.39 is 18.9 Å². The lowest BCUT2D eigenvalue weighted by molar-refractivity contribution is -0.266. The largest absolute Gasteiger partial charge is 0.530 e. The zero-order valence-corrected chi connectivity index (χ0v) is 13.6. The normalized spacial score (nSPS) is 16.0. The minimum Gasteiger partial charge on any atom is -0.530 e. The molecule has 3 rings (SSSR count). The summed E-state index contributed by atoms with van der Waals surface area (Å²) < 4.78 is 52.7. The van der Waals surface area contributed by atoms with E-state index in [2.05, 4.69) is 5.16 Å². The van der Waals surface area contributed by atoms with Crippen molar-refractivity contribution in [1.82, 2.24) is 10.1 Å². The van der Waals surface area contributed by atoms with Crippen molar-refractivity contribution in [3.63, 3.8) is 0 Å². The number of nitrogens with zero attached hydrogens (tertiary/aromatic N) is 2. The third kappa shape index (κ3) is 4.30. The highest BCUT2D eigenvalue weighted by atomic mass is 19.4. The van der Waals surface area contributed by atoms with Gasteiger partial charge in [0, 0.05) is 13.1 Å². The van der Waals surface area contributed by atoms with Gasteiger partial charge in [-0.15, -0.1) is 0 Å². The fourth-order valence-corrected chi connectivity index (χ4v) is 2.79. The third-order valence-corrected chi connectivity index (χ3v) is 4.15. The minimum atomic E-state index is -4.46. The van der Waals surface area contributed by atoms with Gasteiger partial charge >= 0.3 is 6.18 Å². The van der Waals surface area contributed by atoms with Gasteiger partial charge in [0.15, 0.2) is 12.2 Å². The number of carbonyl (C=O) groups is 1. The molecule has 142 valence electrons. The average molecular weight is 373 g/mol. The lowest BCUT2D eigenvalue weighted by Gasteiger charge is -2.33. The number of aromatic nitrogens is 1. The molecule has 2 heterocycles. The van der Waals surface area contributed by atoms with Crippen molar-refractivity contribution in [2.75, 3.05) is 26.3 Å². The highest BCUT2D eigenvalue weighted by molar-refractivity contribution is 5.88. The average Bonchev–Trinajstić information content (AvgIpc) is 3.01. The van der Waals surface area contributed by atoms with Gasteiger partial charge in [-0.3, -0.25) is 0 Å². The van der Waals surface area contributed by atoms with Gasteiger partial charge in [-0.1, -0.05) is 6.07 Å². The van der Waals surface area contributed by atoms with Crippen molar-refractivity contribution in [1.29, 1.82) is 0 Å². The third-order valence-electron chi connectivity index (χ3n) is 4.15. The van der Waals surface area contributed by atoms with E-state index in [4.69, 9.17) is 14.0 Å². The Bertz CT molecular complexity index is 769. The highest BCUT2D eigenvalue weighted by Crippen LogP contribution is 2.35. The first-order chi connectivity index (χ1) is 12.3. The van der Waals surface area contributed by atoms with Crippen LogP contribution in [-0.2, 0) is 0 Å². The molecule has 0 bridgehead atoms. The molecular weight excluding hydrogens is 357 g/mol. The summed E-state index contributed by atoms with van der Waals surface area (Å²) in [5, 5.41) is 14.8. The number of likely N-dealkylation sites (tertiary alicyclic amines) is 1. The second-order valence-corrected chi connectivity index (χ2v) is 6.03. The molecule has 1 amide bonds. The highest BCUT2D eigenvalue weighted by Gasteiger charge is 2.29. The van der Waals surface area contributed by atoms with Crippen LogP contribution in [0.1, 0.15) is 12.8 Å². The molecule has 0 spiro atoms. The SMILES string of the molecule is O=C([O-])N1CCC(COc2noc3cccc(OCC(F)(F)F)c23)CC1. The molecule has 1 fully saturated rings. The molecule has 0 N–H and O–H groups in total. The van der Waals surface area contributed by atoms with Crippen molar-refractivity contribution in [2.45, 2.75) is 19.0 Å². The number of carboxylic acid groups (broad SMARTS) is 1. The molecular formula is C16H16F3N2O5-. The van der Waals surface area contributed by atoms with E-state index in [0.29, 0.717) is 25.9 Å². The van der Waals surface area contributed by atoms with E-state index in [0.717, 1.165) is 0 Å². The Morgan fingerprint density at radius 2 is 2.04 bits per heavy atom. The summed E-state index contributed by atoms with van der Waals surface area (Å²) in [5.74, 6) is 0.128. The lowest BCUT2D eigenvalue weighted by Crippen LogP contribution is -2.46. The number of hydrogen-bond donors (Lipinski definition) is 0.